The number of fused-ring (bicyclic) bond motifs is 1. The third-order valence-electron chi connectivity index (χ3n) is 3.98. The van der Waals surface area contributed by atoms with Crippen LogP contribution >= 0.6 is 0 Å². The van der Waals surface area contributed by atoms with Crippen LogP contribution in [0.2, 0.25) is 0 Å². The zero-order valence-electron chi connectivity index (χ0n) is 15.2. The summed E-state index contributed by atoms with van der Waals surface area (Å²) in [6.45, 7) is 1.62. The van der Waals surface area contributed by atoms with E-state index in [-0.39, 0.29) is 12.5 Å². The number of rotatable bonds is 6. The van der Waals surface area contributed by atoms with Gasteiger partial charge in [-0.05, 0) is 36.8 Å². The predicted octanol–water partition coefficient (Wildman–Crippen LogP) is 3.14. The predicted molar refractivity (Wildman–Crippen MR) is 101 cm³/mol. The van der Waals surface area contributed by atoms with Crippen molar-refractivity contribution in [2.75, 3.05) is 26.1 Å². The fourth-order valence-electron chi connectivity index (χ4n) is 2.63. The molecule has 7 heteroatoms. The van der Waals surface area contributed by atoms with E-state index in [0.717, 1.165) is 10.9 Å². The van der Waals surface area contributed by atoms with Crippen molar-refractivity contribution in [2.45, 2.75) is 6.92 Å². The molecule has 3 aromatic rings. The normalized spacial score (nSPS) is 10.5. The lowest BCUT2D eigenvalue weighted by Crippen LogP contribution is -2.20. The average Bonchev–Trinajstić information content (AvgIpc) is 2.66. The molecule has 0 unspecified atom stereocenters. The van der Waals surface area contributed by atoms with Gasteiger partial charge in [-0.3, -0.25) is 4.79 Å². The summed E-state index contributed by atoms with van der Waals surface area (Å²) in [6.07, 6.45) is 0. The number of amides is 1. The molecule has 0 fully saturated rings. The monoisotopic (exact) mass is 369 g/mol. The summed E-state index contributed by atoms with van der Waals surface area (Å²) in [4.78, 5) is 23.7. The molecule has 27 heavy (non-hydrogen) atoms. The van der Waals surface area contributed by atoms with Gasteiger partial charge in [-0.15, -0.1) is 0 Å². The van der Waals surface area contributed by atoms with Gasteiger partial charge in [0.1, 0.15) is 22.8 Å². The Bertz CT molecular complexity index is 1040. The first kappa shape index (κ1) is 18.3. The molecule has 1 amide bonds. The van der Waals surface area contributed by atoms with Crippen molar-refractivity contribution in [2.24, 2.45) is 0 Å². The van der Waals surface area contributed by atoms with Gasteiger partial charge in [-0.2, -0.15) is 0 Å². The highest BCUT2D eigenvalue weighted by atomic mass is 16.5. The molecule has 0 spiro atoms. The first-order valence-electron chi connectivity index (χ1n) is 8.19. The molecular formula is C20H19NO6. The van der Waals surface area contributed by atoms with E-state index in [1.807, 2.05) is 6.92 Å². The van der Waals surface area contributed by atoms with Gasteiger partial charge < -0.3 is 23.9 Å². The number of ether oxygens (including phenoxy) is 3. The van der Waals surface area contributed by atoms with Crippen LogP contribution in [-0.4, -0.2) is 26.7 Å². The van der Waals surface area contributed by atoms with Crippen molar-refractivity contribution in [1.82, 2.24) is 0 Å². The van der Waals surface area contributed by atoms with Crippen LogP contribution in [0, 0.1) is 6.92 Å². The zero-order chi connectivity index (χ0) is 19.4. The van der Waals surface area contributed by atoms with Crippen LogP contribution < -0.4 is 25.2 Å². The van der Waals surface area contributed by atoms with Crippen molar-refractivity contribution < 1.29 is 23.4 Å². The summed E-state index contributed by atoms with van der Waals surface area (Å²) in [7, 11) is 3.06. The molecule has 140 valence electrons. The Hall–Kier alpha value is -3.48. The largest absolute Gasteiger partial charge is 0.497 e. The molecule has 7 nitrogen and oxygen atoms in total. The second kappa shape index (κ2) is 7.82. The van der Waals surface area contributed by atoms with Crippen molar-refractivity contribution in [3.8, 4) is 17.2 Å². The number of aryl methyl sites for hydroxylation is 1. The first-order chi connectivity index (χ1) is 13.0. The van der Waals surface area contributed by atoms with Crippen LogP contribution in [0.25, 0.3) is 11.0 Å². The molecular weight excluding hydrogens is 350 g/mol. The fourth-order valence-corrected chi connectivity index (χ4v) is 2.63. The van der Waals surface area contributed by atoms with E-state index in [9.17, 15) is 9.59 Å². The van der Waals surface area contributed by atoms with Crippen molar-refractivity contribution in [3.05, 3.63) is 58.4 Å². The van der Waals surface area contributed by atoms with Crippen LogP contribution in [0.3, 0.4) is 0 Å². The molecule has 3 rings (SSSR count). The van der Waals surface area contributed by atoms with E-state index >= 15 is 0 Å². The molecule has 2 aromatic carbocycles. The van der Waals surface area contributed by atoms with Crippen molar-refractivity contribution >= 4 is 22.6 Å². The molecule has 0 aliphatic rings. The summed E-state index contributed by atoms with van der Waals surface area (Å²) in [6, 6.07) is 11.6. The van der Waals surface area contributed by atoms with Crippen LogP contribution in [0.5, 0.6) is 17.2 Å². The molecule has 0 saturated heterocycles. The summed E-state index contributed by atoms with van der Waals surface area (Å²) >= 11 is 0. The quantitative estimate of drug-likeness (QED) is 0.672. The van der Waals surface area contributed by atoms with Crippen LogP contribution in [0.1, 0.15) is 5.56 Å². The first-order valence-corrected chi connectivity index (χ1v) is 8.19. The van der Waals surface area contributed by atoms with Crippen molar-refractivity contribution in [1.29, 1.82) is 0 Å². The highest BCUT2D eigenvalue weighted by molar-refractivity contribution is 5.93. The maximum Gasteiger partial charge on any atom is 0.336 e. The molecule has 0 radical (unpaired) electrons. The Morgan fingerprint density at radius 1 is 1.04 bits per heavy atom. The van der Waals surface area contributed by atoms with E-state index in [1.54, 1.807) is 43.5 Å². The molecule has 0 bridgehead atoms. The average molecular weight is 369 g/mol. The zero-order valence-corrected chi connectivity index (χ0v) is 15.2. The van der Waals surface area contributed by atoms with Gasteiger partial charge in [0.15, 0.2) is 6.61 Å². The van der Waals surface area contributed by atoms with E-state index in [0.29, 0.717) is 28.5 Å². The van der Waals surface area contributed by atoms with Gasteiger partial charge in [0.25, 0.3) is 5.91 Å². The minimum atomic E-state index is -0.429. The van der Waals surface area contributed by atoms with Crippen molar-refractivity contribution in [3.63, 3.8) is 0 Å². The molecule has 0 aliphatic carbocycles. The second-order valence-electron chi connectivity index (χ2n) is 5.81. The highest BCUT2D eigenvalue weighted by Gasteiger charge is 2.10. The number of nitrogens with one attached hydrogen (secondary N) is 1. The lowest BCUT2D eigenvalue weighted by molar-refractivity contribution is -0.118. The summed E-state index contributed by atoms with van der Waals surface area (Å²) < 4.78 is 21.0. The Balaban J connectivity index is 1.69. The summed E-state index contributed by atoms with van der Waals surface area (Å²) in [5.74, 6) is 1.16. The van der Waals surface area contributed by atoms with Crippen LogP contribution in [0.15, 0.2) is 51.7 Å². The molecule has 0 atom stereocenters. The number of methoxy groups -OCH3 is 2. The van der Waals surface area contributed by atoms with Gasteiger partial charge >= 0.3 is 5.63 Å². The maximum atomic E-state index is 12.2. The minimum absolute atomic E-state index is 0.212. The number of carbonyl (C=O) groups is 1. The minimum Gasteiger partial charge on any atom is -0.497 e. The molecule has 1 N–H and O–H groups in total. The van der Waals surface area contributed by atoms with Gasteiger partial charge in [-0.25, -0.2) is 4.79 Å². The lowest BCUT2D eigenvalue weighted by Gasteiger charge is -2.12. The molecule has 0 aliphatic heterocycles. The summed E-state index contributed by atoms with van der Waals surface area (Å²) in [5.41, 5.74) is 1.31. The van der Waals surface area contributed by atoms with E-state index in [2.05, 4.69) is 5.32 Å². The molecule has 1 aromatic heterocycles. The van der Waals surface area contributed by atoms with E-state index in [1.165, 1.54) is 13.2 Å². The van der Waals surface area contributed by atoms with E-state index in [4.69, 9.17) is 18.6 Å². The Morgan fingerprint density at radius 2 is 1.81 bits per heavy atom. The molecule has 1 heterocycles. The summed E-state index contributed by atoms with van der Waals surface area (Å²) in [5, 5.41) is 3.53. The Labute approximate surface area is 155 Å². The van der Waals surface area contributed by atoms with Crippen LogP contribution in [0.4, 0.5) is 5.69 Å². The third-order valence-corrected chi connectivity index (χ3v) is 3.98. The Kier molecular flexibility index (Phi) is 5.30. The number of carbonyl (C=O) groups excluding carboxylic acids is 1. The molecule has 0 saturated carbocycles. The second-order valence-corrected chi connectivity index (χ2v) is 5.81. The van der Waals surface area contributed by atoms with E-state index < -0.39 is 5.63 Å². The van der Waals surface area contributed by atoms with Gasteiger partial charge in [0, 0.05) is 23.6 Å². The number of hydrogen-bond acceptors (Lipinski definition) is 6. The Morgan fingerprint density at radius 3 is 2.56 bits per heavy atom. The third kappa shape index (κ3) is 4.20. The fraction of sp³-hybridized carbons (Fsp3) is 0.200. The topological polar surface area (TPSA) is 87.0 Å². The number of benzene rings is 2. The SMILES string of the molecule is COc1ccc(NC(=O)COc2ccc3c(C)cc(=O)oc3c2)c(OC)c1. The van der Waals surface area contributed by atoms with Gasteiger partial charge in [-0.1, -0.05) is 0 Å². The maximum absolute atomic E-state index is 12.2. The number of hydrogen-bond donors (Lipinski definition) is 1. The van der Waals surface area contributed by atoms with Gasteiger partial charge in [0.2, 0.25) is 0 Å². The highest BCUT2D eigenvalue weighted by Crippen LogP contribution is 2.29. The van der Waals surface area contributed by atoms with Crippen LogP contribution in [-0.2, 0) is 4.79 Å². The lowest BCUT2D eigenvalue weighted by atomic mass is 10.1. The standard InChI is InChI=1S/C20H19NO6/c1-12-8-20(23)27-17-10-14(4-6-15(12)17)26-11-19(22)21-16-7-5-13(24-2)9-18(16)25-3/h4-10H,11H2,1-3H3,(H,21,22). The smallest absolute Gasteiger partial charge is 0.336 e. The number of anilines is 1. The van der Waals surface area contributed by atoms with Gasteiger partial charge in [0.05, 0.1) is 19.9 Å².